The normalized spacial score (nSPS) is 11.6. The molecule has 3 rings (SSSR count). The van der Waals surface area contributed by atoms with Gasteiger partial charge in [-0.1, -0.05) is 47.7 Å². The molecule has 1 unspecified atom stereocenters. The van der Waals surface area contributed by atoms with Gasteiger partial charge in [-0.15, -0.1) is 10.2 Å². The maximum Gasteiger partial charge on any atom is 0.325 e. The van der Waals surface area contributed by atoms with E-state index < -0.39 is 17.2 Å². The molecule has 8 heteroatoms. The Morgan fingerprint density at radius 2 is 1.74 bits per heavy atom. The van der Waals surface area contributed by atoms with E-state index in [1.165, 1.54) is 0 Å². The van der Waals surface area contributed by atoms with Gasteiger partial charge in [0.2, 0.25) is 11.8 Å². The van der Waals surface area contributed by atoms with Crippen molar-refractivity contribution < 1.29 is 14.0 Å². The number of amides is 3. The van der Waals surface area contributed by atoms with Crippen LogP contribution in [0.4, 0.5) is 10.5 Å². The topological polar surface area (TPSA) is 97.1 Å². The quantitative estimate of drug-likeness (QED) is 0.650. The van der Waals surface area contributed by atoms with E-state index in [9.17, 15) is 9.59 Å². The number of thioether (sulfide) groups is 1. The Labute approximate surface area is 160 Å². The summed E-state index contributed by atoms with van der Waals surface area (Å²) in [7, 11) is 0. The number of hydrogen-bond donors (Lipinski definition) is 2. The van der Waals surface area contributed by atoms with Crippen molar-refractivity contribution in [2.45, 2.75) is 24.3 Å². The Morgan fingerprint density at radius 3 is 2.44 bits per heavy atom. The molecule has 3 amide bonds. The summed E-state index contributed by atoms with van der Waals surface area (Å²) in [5, 5.41) is 12.5. The number of imide groups is 1. The number of rotatable bonds is 5. The van der Waals surface area contributed by atoms with Gasteiger partial charge in [-0.3, -0.25) is 10.1 Å². The summed E-state index contributed by atoms with van der Waals surface area (Å²) in [4.78, 5) is 24.1. The van der Waals surface area contributed by atoms with Crippen LogP contribution in [0.2, 0.25) is 0 Å². The van der Waals surface area contributed by atoms with E-state index in [0.29, 0.717) is 11.6 Å². The molecule has 2 N–H and O–H groups in total. The zero-order valence-electron chi connectivity index (χ0n) is 14.8. The number of aromatic nitrogens is 2. The number of carbonyl (C=O) groups is 2. The highest BCUT2D eigenvalue weighted by Crippen LogP contribution is 2.26. The van der Waals surface area contributed by atoms with Crippen molar-refractivity contribution >= 4 is 29.4 Å². The highest BCUT2D eigenvalue weighted by molar-refractivity contribution is 8.00. The maximum absolute atomic E-state index is 12.2. The van der Waals surface area contributed by atoms with Crippen molar-refractivity contribution in [2.24, 2.45) is 0 Å². The second kappa shape index (κ2) is 8.50. The molecule has 1 atom stereocenters. The van der Waals surface area contributed by atoms with Gasteiger partial charge in [0.05, 0.1) is 5.25 Å². The lowest BCUT2D eigenvalue weighted by Gasteiger charge is -2.10. The SMILES string of the molecule is Cc1ccc(-c2nnc(SC(C)C(=O)NC(=O)Nc3ccccc3)o2)cc1. The zero-order valence-corrected chi connectivity index (χ0v) is 15.6. The molecule has 3 aromatic rings. The Hall–Kier alpha value is -3.13. The van der Waals surface area contributed by atoms with Crippen molar-refractivity contribution in [3.8, 4) is 11.5 Å². The van der Waals surface area contributed by atoms with Crippen molar-refractivity contribution in [1.82, 2.24) is 15.5 Å². The van der Waals surface area contributed by atoms with Gasteiger partial charge in [0.15, 0.2) is 0 Å². The predicted molar refractivity (Wildman–Crippen MR) is 103 cm³/mol. The molecule has 27 heavy (non-hydrogen) atoms. The monoisotopic (exact) mass is 382 g/mol. The molecule has 7 nitrogen and oxygen atoms in total. The third-order valence-electron chi connectivity index (χ3n) is 3.62. The van der Waals surface area contributed by atoms with Crippen LogP contribution in [0.25, 0.3) is 11.5 Å². The fourth-order valence-electron chi connectivity index (χ4n) is 2.17. The molecule has 0 spiro atoms. The first-order valence-corrected chi connectivity index (χ1v) is 9.13. The molecule has 0 saturated carbocycles. The Kier molecular flexibility index (Phi) is 5.87. The average molecular weight is 382 g/mol. The molecule has 0 bridgehead atoms. The van der Waals surface area contributed by atoms with Crippen LogP contribution in [0.1, 0.15) is 12.5 Å². The molecule has 0 aliphatic carbocycles. The van der Waals surface area contributed by atoms with Crippen molar-refractivity contribution in [1.29, 1.82) is 0 Å². The molecule has 0 saturated heterocycles. The van der Waals surface area contributed by atoms with Crippen molar-refractivity contribution in [3.63, 3.8) is 0 Å². The van der Waals surface area contributed by atoms with E-state index in [2.05, 4.69) is 20.8 Å². The molecule has 138 valence electrons. The molecule has 0 radical (unpaired) electrons. The predicted octanol–water partition coefficient (Wildman–Crippen LogP) is 3.87. The minimum absolute atomic E-state index is 0.261. The summed E-state index contributed by atoms with van der Waals surface area (Å²) >= 11 is 1.09. The summed E-state index contributed by atoms with van der Waals surface area (Å²) in [6.07, 6.45) is 0. The van der Waals surface area contributed by atoms with E-state index in [1.807, 2.05) is 37.3 Å². The largest absolute Gasteiger partial charge is 0.411 e. The summed E-state index contributed by atoms with van der Waals surface area (Å²) in [6, 6.07) is 16.0. The standard InChI is InChI=1S/C19H18N4O3S/c1-12-8-10-14(11-9-12)17-22-23-19(26-17)27-13(2)16(24)21-18(25)20-15-6-4-3-5-7-15/h3-11,13H,1-2H3,(H2,20,21,24,25). The minimum Gasteiger partial charge on any atom is -0.411 e. The molecule has 1 heterocycles. The zero-order chi connectivity index (χ0) is 19.2. The molecule has 0 fully saturated rings. The Balaban J connectivity index is 1.55. The van der Waals surface area contributed by atoms with Gasteiger partial charge in [0.1, 0.15) is 0 Å². The first kappa shape index (κ1) is 18.7. The third kappa shape index (κ3) is 5.18. The van der Waals surface area contributed by atoms with Crippen LogP contribution in [0.15, 0.2) is 64.2 Å². The number of anilines is 1. The summed E-state index contributed by atoms with van der Waals surface area (Å²) in [5.74, 6) is -0.0737. The number of benzene rings is 2. The number of nitrogens with zero attached hydrogens (tertiary/aromatic N) is 2. The average Bonchev–Trinajstić information content (AvgIpc) is 3.11. The molecular weight excluding hydrogens is 364 g/mol. The van der Waals surface area contributed by atoms with Gasteiger partial charge in [-0.2, -0.15) is 0 Å². The molecule has 0 aliphatic heterocycles. The second-order valence-electron chi connectivity index (χ2n) is 5.81. The minimum atomic E-state index is -0.593. The van der Waals surface area contributed by atoms with E-state index in [0.717, 1.165) is 22.9 Å². The summed E-state index contributed by atoms with van der Waals surface area (Å²) in [5.41, 5.74) is 2.54. The van der Waals surface area contributed by atoms with Crippen LogP contribution in [0.3, 0.4) is 0 Å². The smallest absolute Gasteiger partial charge is 0.325 e. The molecule has 1 aromatic heterocycles. The first-order valence-electron chi connectivity index (χ1n) is 8.25. The Bertz CT molecular complexity index is 926. The van der Waals surface area contributed by atoms with Gasteiger partial charge in [0.25, 0.3) is 5.22 Å². The van der Waals surface area contributed by atoms with E-state index in [1.54, 1.807) is 31.2 Å². The first-order chi connectivity index (χ1) is 13.0. The Morgan fingerprint density at radius 1 is 1.04 bits per heavy atom. The van der Waals surface area contributed by atoms with E-state index >= 15 is 0 Å². The summed E-state index contributed by atoms with van der Waals surface area (Å²) in [6.45, 7) is 3.65. The lowest BCUT2D eigenvalue weighted by molar-refractivity contribution is -0.119. The van der Waals surface area contributed by atoms with Crippen LogP contribution in [-0.4, -0.2) is 27.4 Å². The fourth-order valence-corrected chi connectivity index (χ4v) is 2.86. The van der Waals surface area contributed by atoms with Crippen molar-refractivity contribution in [2.75, 3.05) is 5.32 Å². The number of urea groups is 1. The second-order valence-corrected chi connectivity index (χ2v) is 7.10. The number of aryl methyl sites for hydroxylation is 1. The number of carbonyl (C=O) groups excluding carboxylic acids is 2. The van der Waals surface area contributed by atoms with Gasteiger partial charge in [0, 0.05) is 11.3 Å². The number of hydrogen-bond acceptors (Lipinski definition) is 6. The maximum atomic E-state index is 12.2. The fraction of sp³-hybridized carbons (Fsp3) is 0.158. The third-order valence-corrected chi connectivity index (χ3v) is 4.55. The summed E-state index contributed by atoms with van der Waals surface area (Å²) < 4.78 is 5.59. The highest BCUT2D eigenvalue weighted by atomic mass is 32.2. The van der Waals surface area contributed by atoms with Crippen LogP contribution in [0.5, 0.6) is 0 Å². The number of nitrogens with one attached hydrogen (secondary N) is 2. The van der Waals surface area contributed by atoms with E-state index in [-0.39, 0.29) is 5.22 Å². The van der Waals surface area contributed by atoms with Gasteiger partial charge < -0.3 is 9.73 Å². The van der Waals surface area contributed by atoms with E-state index in [4.69, 9.17) is 4.42 Å². The van der Waals surface area contributed by atoms with Gasteiger partial charge in [-0.05, 0) is 38.1 Å². The molecule has 2 aromatic carbocycles. The highest BCUT2D eigenvalue weighted by Gasteiger charge is 2.20. The lowest BCUT2D eigenvalue weighted by atomic mass is 10.1. The van der Waals surface area contributed by atoms with Gasteiger partial charge >= 0.3 is 6.03 Å². The molecule has 0 aliphatic rings. The lowest BCUT2D eigenvalue weighted by Crippen LogP contribution is -2.38. The van der Waals surface area contributed by atoms with Crippen LogP contribution in [-0.2, 0) is 4.79 Å². The van der Waals surface area contributed by atoms with Crippen LogP contribution >= 0.6 is 11.8 Å². The van der Waals surface area contributed by atoms with Crippen LogP contribution < -0.4 is 10.6 Å². The molecular formula is C19H18N4O3S. The van der Waals surface area contributed by atoms with Gasteiger partial charge in [-0.25, -0.2) is 4.79 Å². The van der Waals surface area contributed by atoms with Crippen molar-refractivity contribution in [3.05, 3.63) is 60.2 Å². The van der Waals surface area contributed by atoms with Crippen LogP contribution in [0, 0.1) is 6.92 Å². The number of para-hydroxylation sites is 1.